The minimum absolute atomic E-state index is 0.00576. The highest BCUT2D eigenvalue weighted by Gasteiger charge is 2.67. The van der Waals surface area contributed by atoms with Crippen molar-refractivity contribution in [1.29, 1.82) is 0 Å². The van der Waals surface area contributed by atoms with Gasteiger partial charge in [0.05, 0.1) is 13.2 Å². The highest BCUT2D eigenvalue weighted by molar-refractivity contribution is 6.01. The number of nitrogens with zero attached hydrogens (tertiary/aromatic N) is 2. The number of rotatable bonds is 1. The Morgan fingerprint density at radius 2 is 2.19 bits per heavy atom. The molecule has 2 bridgehead atoms. The topological polar surface area (TPSA) is 49.9 Å². The molecule has 1 aromatic rings. The lowest BCUT2D eigenvalue weighted by molar-refractivity contribution is -0.135. The molecule has 4 heterocycles. The zero-order valence-corrected chi connectivity index (χ0v) is 15.4. The third-order valence-electron chi connectivity index (χ3n) is 7.56. The summed E-state index contributed by atoms with van der Waals surface area (Å²) in [5, 5.41) is 0. The van der Waals surface area contributed by atoms with Crippen molar-refractivity contribution in [2.24, 2.45) is 5.92 Å². The summed E-state index contributed by atoms with van der Waals surface area (Å²) in [6.45, 7) is 1.84. The van der Waals surface area contributed by atoms with Gasteiger partial charge in [-0.1, -0.05) is 24.3 Å². The van der Waals surface area contributed by atoms with E-state index in [-0.39, 0.29) is 29.3 Å². The van der Waals surface area contributed by atoms with Crippen LogP contribution in [-0.4, -0.2) is 49.1 Å². The monoisotopic (exact) mass is 362 g/mol. The normalized spacial score (nSPS) is 37.1. The van der Waals surface area contributed by atoms with E-state index in [2.05, 4.69) is 34.1 Å². The van der Waals surface area contributed by atoms with Gasteiger partial charge in [0, 0.05) is 42.1 Å². The number of amides is 1. The number of esters is 1. The Balaban J connectivity index is 1.58. The van der Waals surface area contributed by atoms with E-state index in [0.717, 1.165) is 37.2 Å². The standard InChI is InChI=1S/C22H22N2O3/c1-27-20(26)10-13-12-23-9-8-22-16-4-2-3-5-17(16)24-19(25)7-6-14(21(22)24)15(13)11-18(22)23/h2-6,10,15,18,21H,7-9,11-12H2,1H3/b13-10+/t15-,18-,21-,22+/m0/s1. The van der Waals surface area contributed by atoms with Crippen LogP contribution in [0.25, 0.3) is 0 Å². The zero-order valence-electron chi connectivity index (χ0n) is 15.4. The first-order chi connectivity index (χ1) is 13.1. The molecule has 6 rings (SSSR count). The van der Waals surface area contributed by atoms with E-state index in [4.69, 9.17) is 4.74 Å². The van der Waals surface area contributed by atoms with Crippen molar-refractivity contribution in [2.75, 3.05) is 25.1 Å². The molecule has 1 aromatic carbocycles. The summed E-state index contributed by atoms with van der Waals surface area (Å²) in [5.41, 5.74) is 4.95. The first-order valence-corrected chi connectivity index (χ1v) is 9.79. The summed E-state index contributed by atoms with van der Waals surface area (Å²) < 4.78 is 4.91. The fraction of sp³-hybridized carbons (Fsp3) is 0.455. The van der Waals surface area contributed by atoms with Crippen LogP contribution in [-0.2, 0) is 19.7 Å². The molecule has 5 heteroatoms. The number of fused-ring (bicyclic) bond motifs is 4. The maximum Gasteiger partial charge on any atom is 0.330 e. The van der Waals surface area contributed by atoms with Crippen LogP contribution in [0, 0.1) is 5.92 Å². The van der Waals surface area contributed by atoms with E-state index in [0.29, 0.717) is 12.5 Å². The molecule has 1 spiro atoms. The van der Waals surface area contributed by atoms with Gasteiger partial charge in [0.15, 0.2) is 0 Å². The lowest BCUT2D eigenvalue weighted by atomic mass is 9.57. The molecular formula is C22H22N2O3. The third-order valence-corrected chi connectivity index (χ3v) is 7.56. The van der Waals surface area contributed by atoms with Gasteiger partial charge in [0.25, 0.3) is 0 Å². The first kappa shape index (κ1) is 15.6. The molecule has 0 aromatic heterocycles. The van der Waals surface area contributed by atoms with Crippen LogP contribution in [0.1, 0.15) is 24.8 Å². The van der Waals surface area contributed by atoms with E-state index in [9.17, 15) is 9.59 Å². The number of para-hydroxylation sites is 1. The van der Waals surface area contributed by atoms with Gasteiger partial charge >= 0.3 is 5.97 Å². The second-order valence-electron chi connectivity index (χ2n) is 8.40. The van der Waals surface area contributed by atoms with Crippen LogP contribution in [0.4, 0.5) is 5.69 Å². The van der Waals surface area contributed by atoms with Gasteiger partial charge in [0.2, 0.25) is 5.91 Å². The second-order valence-corrected chi connectivity index (χ2v) is 8.40. The number of anilines is 1. The maximum absolute atomic E-state index is 12.9. The molecule has 0 unspecified atom stereocenters. The van der Waals surface area contributed by atoms with Crippen LogP contribution in [0.2, 0.25) is 0 Å². The third kappa shape index (κ3) is 1.74. The van der Waals surface area contributed by atoms with Gasteiger partial charge in [-0.05, 0) is 42.2 Å². The second kappa shape index (κ2) is 5.10. The highest BCUT2D eigenvalue weighted by atomic mass is 16.5. The van der Waals surface area contributed by atoms with E-state index < -0.39 is 0 Å². The van der Waals surface area contributed by atoms with Crippen LogP contribution in [0.5, 0.6) is 0 Å². The maximum atomic E-state index is 12.9. The largest absolute Gasteiger partial charge is 0.466 e. The Morgan fingerprint density at radius 1 is 1.33 bits per heavy atom. The van der Waals surface area contributed by atoms with Crippen molar-refractivity contribution in [3.8, 4) is 0 Å². The number of carbonyl (C=O) groups is 2. The Morgan fingerprint density at radius 3 is 3.04 bits per heavy atom. The minimum Gasteiger partial charge on any atom is -0.466 e. The summed E-state index contributed by atoms with van der Waals surface area (Å²) in [7, 11) is 1.43. The quantitative estimate of drug-likeness (QED) is 0.437. The number of hydrogen-bond acceptors (Lipinski definition) is 4. The smallest absolute Gasteiger partial charge is 0.330 e. The predicted octanol–water partition coefficient (Wildman–Crippen LogP) is 2.18. The lowest BCUT2D eigenvalue weighted by Crippen LogP contribution is -2.63. The van der Waals surface area contributed by atoms with Gasteiger partial charge in [-0.2, -0.15) is 0 Å². The number of benzene rings is 1. The molecule has 138 valence electrons. The molecule has 1 saturated carbocycles. The Labute approximate surface area is 158 Å². The number of methoxy groups -OCH3 is 1. The first-order valence-electron chi connectivity index (χ1n) is 9.79. The number of carbonyl (C=O) groups excluding carboxylic acids is 2. The number of ether oxygens (including phenoxy) is 1. The molecule has 0 radical (unpaired) electrons. The summed E-state index contributed by atoms with van der Waals surface area (Å²) in [5.74, 6) is 0.162. The Kier molecular flexibility index (Phi) is 2.96. The molecule has 27 heavy (non-hydrogen) atoms. The van der Waals surface area contributed by atoms with E-state index in [1.165, 1.54) is 18.2 Å². The van der Waals surface area contributed by atoms with Gasteiger partial charge in [-0.15, -0.1) is 0 Å². The van der Waals surface area contributed by atoms with E-state index in [1.807, 2.05) is 6.07 Å². The SMILES string of the molecule is COC(=O)/C=C1\CN2CC[C@@]34c5ccccc5N5C(=O)CC=C([C@H]1C[C@H]23)[C@H]54. The van der Waals surface area contributed by atoms with Crippen molar-refractivity contribution >= 4 is 17.6 Å². The van der Waals surface area contributed by atoms with Gasteiger partial charge in [-0.3, -0.25) is 9.69 Å². The Bertz CT molecular complexity index is 949. The van der Waals surface area contributed by atoms with Crippen molar-refractivity contribution in [1.82, 2.24) is 4.90 Å². The van der Waals surface area contributed by atoms with Crippen molar-refractivity contribution in [3.05, 3.63) is 53.1 Å². The fourth-order valence-corrected chi connectivity index (χ4v) is 6.65. The summed E-state index contributed by atoms with van der Waals surface area (Å²) >= 11 is 0. The predicted molar refractivity (Wildman–Crippen MR) is 100 cm³/mol. The molecule has 2 saturated heterocycles. The molecule has 1 aliphatic carbocycles. The summed E-state index contributed by atoms with van der Waals surface area (Å²) in [6.07, 6.45) is 6.40. The molecule has 4 atom stereocenters. The summed E-state index contributed by atoms with van der Waals surface area (Å²) in [4.78, 5) is 29.5. The average Bonchev–Trinajstić information content (AvgIpc) is 3.22. The van der Waals surface area contributed by atoms with Crippen LogP contribution >= 0.6 is 0 Å². The van der Waals surface area contributed by atoms with Gasteiger partial charge < -0.3 is 9.64 Å². The molecule has 1 amide bonds. The van der Waals surface area contributed by atoms with Crippen molar-refractivity contribution in [3.63, 3.8) is 0 Å². The van der Waals surface area contributed by atoms with Crippen LogP contribution in [0.3, 0.4) is 0 Å². The van der Waals surface area contributed by atoms with Crippen molar-refractivity contribution in [2.45, 2.75) is 36.8 Å². The summed E-state index contributed by atoms with van der Waals surface area (Å²) in [6, 6.07) is 9.03. The Hall–Kier alpha value is -2.40. The highest BCUT2D eigenvalue weighted by Crippen LogP contribution is 2.63. The number of hydrogen-bond donors (Lipinski definition) is 0. The number of piperidine rings is 1. The molecule has 0 N–H and O–H groups in total. The fourth-order valence-electron chi connectivity index (χ4n) is 6.65. The van der Waals surface area contributed by atoms with Gasteiger partial charge in [-0.25, -0.2) is 4.79 Å². The minimum atomic E-state index is -0.279. The van der Waals surface area contributed by atoms with E-state index in [1.54, 1.807) is 6.08 Å². The molecular weight excluding hydrogens is 340 g/mol. The average molecular weight is 362 g/mol. The van der Waals surface area contributed by atoms with Crippen LogP contribution < -0.4 is 4.90 Å². The van der Waals surface area contributed by atoms with Gasteiger partial charge in [0.1, 0.15) is 0 Å². The molecule has 5 aliphatic rings. The molecule has 3 fully saturated rings. The molecule has 4 aliphatic heterocycles. The van der Waals surface area contributed by atoms with Crippen molar-refractivity contribution < 1.29 is 14.3 Å². The lowest BCUT2D eigenvalue weighted by Gasteiger charge is -2.54. The van der Waals surface area contributed by atoms with Crippen LogP contribution in [0.15, 0.2) is 47.6 Å². The molecule has 5 nitrogen and oxygen atoms in total. The van der Waals surface area contributed by atoms with E-state index >= 15 is 0 Å². The zero-order chi connectivity index (χ0) is 18.3.